The molecule has 0 unspecified atom stereocenters. The van der Waals surface area contributed by atoms with Crippen LogP contribution in [0.1, 0.15) is 5.01 Å². The summed E-state index contributed by atoms with van der Waals surface area (Å²) in [6.07, 6.45) is 0. The number of aromatic nitrogens is 1. The van der Waals surface area contributed by atoms with Crippen molar-refractivity contribution in [3.05, 3.63) is 63.1 Å². The molecule has 0 aliphatic carbocycles. The molecule has 0 saturated heterocycles. The van der Waals surface area contributed by atoms with E-state index in [0.717, 1.165) is 21.4 Å². The van der Waals surface area contributed by atoms with Crippen LogP contribution in [0.5, 0.6) is 11.5 Å². The Morgan fingerprint density at radius 2 is 1.90 bits per heavy atom. The van der Waals surface area contributed by atoms with Gasteiger partial charge in [0.05, 0.1) is 37.7 Å². The molecular formula is C21H18BrN3O3S. The highest BCUT2D eigenvalue weighted by molar-refractivity contribution is 9.10. The number of amidine groups is 1. The summed E-state index contributed by atoms with van der Waals surface area (Å²) >= 11 is 4.91. The number of ether oxygens (including phenoxy) is 2. The normalized spacial score (nSPS) is 13.9. The maximum absolute atomic E-state index is 10.6. The van der Waals surface area contributed by atoms with E-state index in [4.69, 9.17) is 14.9 Å². The number of aliphatic hydroxyl groups is 1. The highest BCUT2D eigenvalue weighted by atomic mass is 79.9. The molecule has 148 valence electrons. The molecule has 1 aliphatic rings. The van der Waals surface area contributed by atoms with Gasteiger partial charge in [0.15, 0.2) is 11.5 Å². The van der Waals surface area contributed by atoms with E-state index in [1.165, 1.54) is 11.3 Å². The van der Waals surface area contributed by atoms with E-state index in [-0.39, 0.29) is 18.1 Å². The molecule has 2 aromatic carbocycles. The topological polar surface area (TPSA) is 78.7 Å². The van der Waals surface area contributed by atoms with E-state index in [2.05, 4.69) is 20.9 Å². The van der Waals surface area contributed by atoms with Crippen molar-refractivity contribution in [2.24, 2.45) is 0 Å². The van der Waals surface area contributed by atoms with Gasteiger partial charge in [0, 0.05) is 15.4 Å². The molecule has 29 heavy (non-hydrogen) atoms. The number of halogens is 1. The van der Waals surface area contributed by atoms with Crippen LogP contribution >= 0.6 is 27.3 Å². The number of nitrogens with one attached hydrogen (secondary N) is 1. The average molecular weight is 472 g/mol. The van der Waals surface area contributed by atoms with Gasteiger partial charge in [-0.25, -0.2) is 4.98 Å². The Morgan fingerprint density at radius 1 is 1.14 bits per heavy atom. The lowest BCUT2D eigenvalue weighted by Gasteiger charge is -2.19. The Hall–Kier alpha value is -2.84. The summed E-state index contributed by atoms with van der Waals surface area (Å²) in [6.45, 7) is 0.238. The minimum atomic E-state index is 0.138. The van der Waals surface area contributed by atoms with E-state index in [1.54, 1.807) is 19.1 Å². The van der Waals surface area contributed by atoms with Crippen molar-refractivity contribution in [3.8, 4) is 22.8 Å². The molecule has 0 amide bonds. The first-order valence-electron chi connectivity index (χ1n) is 8.75. The molecule has 6 nitrogen and oxygen atoms in total. The molecule has 4 rings (SSSR count). The standard InChI is InChI=1S/C21H18BrN3O3S/c1-27-17-8-7-12(9-18(17)28-2)14-11-29-21(24-14)19-16(26)10-25(20(19)23)15-6-4-3-5-13(15)22/h3-9,11,23,26H,10H2,1-2H3. The minimum absolute atomic E-state index is 0.138. The molecule has 2 heterocycles. The Labute approximate surface area is 180 Å². The monoisotopic (exact) mass is 471 g/mol. The largest absolute Gasteiger partial charge is 0.510 e. The zero-order chi connectivity index (χ0) is 20.5. The lowest BCUT2D eigenvalue weighted by atomic mass is 10.1. The van der Waals surface area contributed by atoms with Gasteiger partial charge >= 0.3 is 0 Å². The molecular weight excluding hydrogens is 454 g/mol. The minimum Gasteiger partial charge on any atom is -0.510 e. The molecule has 0 bridgehead atoms. The summed E-state index contributed by atoms with van der Waals surface area (Å²) in [4.78, 5) is 6.43. The molecule has 8 heteroatoms. The smallest absolute Gasteiger partial charge is 0.161 e. The number of nitrogens with zero attached hydrogens (tertiary/aromatic N) is 2. The molecule has 0 atom stereocenters. The van der Waals surface area contributed by atoms with Crippen molar-refractivity contribution < 1.29 is 14.6 Å². The summed E-state index contributed by atoms with van der Waals surface area (Å²) in [5.41, 5.74) is 2.91. The quantitative estimate of drug-likeness (QED) is 0.523. The predicted octanol–water partition coefficient (Wildman–Crippen LogP) is 5.36. The SMILES string of the molecule is COc1ccc(-c2csc(C3=C(O)CN(c4ccccc4Br)C3=N)n2)cc1OC. The van der Waals surface area contributed by atoms with E-state index in [9.17, 15) is 5.11 Å². The van der Waals surface area contributed by atoms with Gasteiger partial charge in [0.2, 0.25) is 0 Å². The fraction of sp³-hybridized carbons (Fsp3) is 0.143. The number of aliphatic hydroxyl groups excluding tert-OH is 1. The number of thiazole rings is 1. The summed E-state index contributed by atoms with van der Waals surface area (Å²) < 4.78 is 11.5. The lowest BCUT2D eigenvalue weighted by molar-refractivity contribution is 0.355. The van der Waals surface area contributed by atoms with Gasteiger partial charge in [-0.1, -0.05) is 12.1 Å². The fourth-order valence-corrected chi connectivity index (χ4v) is 4.59. The Bertz CT molecular complexity index is 1130. The first-order chi connectivity index (χ1) is 14.0. The van der Waals surface area contributed by atoms with Crippen LogP contribution in [-0.4, -0.2) is 36.7 Å². The maximum Gasteiger partial charge on any atom is 0.161 e. The maximum atomic E-state index is 10.6. The lowest BCUT2D eigenvalue weighted by Crippen LogP contribution is -2.26. The van der Waals surface area contributed by atoms with Crippen LogP contribution in [0.3, 0.4) is 0 Å². The second-order valence-corrected chi connectivity index (χ2v) is 8.03. The summed E-state index contributed by atoms with van der Waals surface area (Å²) in [7, 11) is 3.18. The van der Waals surface area contributed by atoms with Crippen LogP contribution in [0.2, 0.25) is 0 Å². The molecule has 0 fully saturated rings. The third kappa shape index (κ3) is 3.49. The van der Waals surface area contributed by atoms with E-state index < -0.39 is 0 Å². The van der Waals surface area contributed by atoms with Crippen molar-refractivity contribution in [2.45, 2.75) is 0 Å². The van der Waals surface area contributed by atoms with E-state index >= 15 is 0 Å². The van der Waals surface area contributed by atoms with Crippen LogP contribution in [0.15, 0.2) is 58.1 Å². The molecule has 0 spiro atoms. The van der Waals surface area contributed by atoms with Gasteiger partial charge in [-0.05, 0) is 46.3 Å². The molecule has 0 radical (unpaired) electrons. The van der Waals surface area contributed by atoms with Crippen LogP contribution in [0, 0.1) is 5.41 Å². The first-order valence-corrected chi connectivity index (χ1v) is 10.4. The molecule has 2 N–H and O–H groups in total. The van der Waals surface area contributed by atoms with Gasteiger partial charge in [0.25, 0.3) is 0 Å². The number of hydrogen-bond acceptors (Lipinski definition) is 6. The van der Waals surface area contributed by atoms with E-state index in [1.807, 2.05) is 47.8 Å². The van der Waals surface area contributed by atoms with Crippen LogP contribution < -0.4 is 14.4 Å². The number of benzene rings is 2. The van der Waals surface area contributed by atoms with Crippen molar-refractivity contribution >= 4 is 44.4 Å². The van der Waals surface area contributed by atoms with Crippen LogP contribution in [-0.2, 0) is 0 Å². The van der Waals surface area contributed by atoms with Crippen molar-refractivity contribution in [2.75, 3.05) is 25.7 Å². The molecule has 3 aromatic rings. The third-order valence-electron chi connectivity index (χ3n) is 4.64. The van der Waals surface area contributed by atoms with Gasteiger partial charge in [-0.15, -0.1) is 11.3 Å². The highest BCUT2D eigenvalue weighted by Gasteiger charge is 2.32. The van der Waals surface area contributed by atoms with Gasteiger partial charge < -0.3 is 19.5 Å². The van der Waals surface area contributed by atoms with Crippen molar-refractivity contribution in [1.82, 2.24) is 4.98 Å². The predicted molar refractivity (Wildman–Crippen MR) is 119 cm³/mol. The van der Waals surface area contributed by atoms with Gasteiger partial charge in [-0.2, -0.15) is 0 Å². The number of rotatable bonds is 5. The summed E-state index contributed by atoms with van der Waals surface area (Å²) in [5, 5.41) is 21.7. The van der Waals surface area contributed by atoms with Gasteiger partial charge in [-0.3, -0.25) is 5.41 Å². The van der Waals surface area contributed by atoms with E-state index in [0.29, 0.717) is 22.1 Å². The van der Waals surface area contributed by atoms with Crippen LogP contribution in [0.4, 0.5) is 5.69 Å². The number of anilines is 1. The van der Waals surface area contributed by atoms with Crippen LogP contribution in [0.25, 0.3) is 16.8 Å². The molecule has 1 aromatic heterocycles. The second-order valence-electron chi connectivity index (χ2n) is 6.32. The molecule has 1 aliphatic heterocycles. The zero-order valence-electron chi connectivity index (χ0n) is 15.8. The summed E-state index contributed by atoms with van der Waals surface area (Å²) in [6, 6.07) is 13.2. The average Bonchev–Trinajstić information content (AvgIpc) is 3.32. The molecule has 0 saturated carbocycles. The number of hydrogen-bond donors (Lipinski definition) is 2. The Balaban J connectivity index is 1.65. The number of para-hydroxylation sites is 1. The second kappa shape index (κ2) is 7.88. The highest BCUT2D eigenvalue weighted by Crippen LogP contribution is 2.38. The first kappa shape index (κ1) is 19.5. The summed E-state index contributed by atoms with van der Waals surface area (Å²) in [5.74, 6) is 1.63. The third-order valence-corrected chi connectivity index (χ3v) is 6.17. The number of methoxy groups -OCH3 is 2. The zero-order valence-corrected chi connectivity index (χ0v) is 18.2. The van der Waals surface area contributed by atoms with Crippen molar-refractivity contribution in [1.29, 1.82) is 5.41 Å². The Morgan fingerprint density at radius 3 is 2.62 bits per heavy atom. The van der Waals surface area contributed by atoms with Crippen molar-refractivity contribution in [3.63, 3.8) is 0 Å². The van der Waals surface area contributed by atoms with Gasteiger partial charge in [0.1, 0.15) is 16.6 Å². The fourth-order valence-electron chi connectivity index (χ4n) is 3.20. The Kier molecular flexibility index (Phi) is 5.29.